The molecule has 0 aliphatic carbocycles. The lowest BCUT2D eigenvalue weighted by Gasteiger charge is -2.26. The van der Waals surface area contributed by atoms with E-state index in [1.807, 2.05) is 48.5 Å². The maximum atomic E-state index is 11.9. The van der Waals surface area contributed by atoms with E-state index in [0.29, 0.717) is 30.0 Å². The average Bonchev–Trinajstić information content (AvgIpc) is 3.54. The third-order valence-electron chi connectivity index (χ3n) is 5.83. The summed E-state index contributed by atoms with van der Waals surface area (Å²) in [7, 11) is 0. The summed E-state index contributed by atoms with van der Waals surface area (Å²) in [6, 6.07) is 15.0. The van der Waals surface area contributed by atoms with Crippen LogP contribution in [0.1, 0.15) is 0 Å². The Balaban J connectivity index is 0.000000405. The number of alkyl halides is 3. The fourth-order valence-electron chi connectivity index (χ4n) is 3.95. The minimum Gasteiger partial charge on any atom is -0.507 e. The van der Waals surface area contributed by atoms with Crippen molar-refractivity contribution in [2.24, 2.45) is 0 Å². The van der Waals surface area contributed by atoms with Gasteiger partial charge in [-0.05, 0) is 23.8 Å². The molecule has 4 N–H and O–H groups in total. The topological polar surface area (TPSA) is 131 Å². The van der Waals surface area contributed by atoms with Gasteiger partial charge in [0.15, 0.2) is 11.6 Å². The van der Waals surface area contributed by atoms with E-state index in [9.17, 15) is 23.1 Å². The molecule has 0 atom stereocenters. The minimum absolute atomic E-state index is 0.0850. The van der Waals surface area contributed by atoms with Crippen molar-refractivity contribution in [3.63, 3.8) is 0 Å². The van der Waals surface area contributed by atoms with Gasteiger partial charge >= 0.3 is 18.2 Å². The summed E-state index contributed by atoms with van der Waals surface area (Å²) in [6.07, 6.45) is -5.08. The van der Waals surface area contributed by atoms with Crippen LogP contribution in [-0.2, 0) is 4.79 Å². The summed E-state index contributed by atoms with van der Waals surface area (Å²) in [5.41, 5.74) is 2.99. The van der Waals surface area contributed by atoms with Crippen LogP contribution in [0, 0.1) is 0 Å². The van der Waals surface area contributed by atoms with Crippen LogP contribution < -0.4 is 20.4 Å². The number of hydrogen-bond donors (Lipinski definition) is 4. The Morgan fingerprint density at radius 1 is 1.00 bits per heavy atom. The quantitative estimate of drug-likeness (QED) is 0.413. The number of halogens is 3. The molecule has 0 radical (unpaired) electrons. The second-order valence-electron chi connectivity index (χ2n) is 8.22. The molecule has 13 heteroatoms. The van der Waals surface area contributed by atoms with Gasteiger partial charge in [0.25, 0.3) is 0 Å². The third-order valence-corrected chi connectivity index (χ3v) is 5.83. The zero-order chi connectivity index (χ0) is 26.6. The molecule has 196 valence electrons. The Hall–Kier alpha value is -4.26. The van der Waals surface area contributed by atoms with Crippen LogP contribution in [0.25, 0.3) is 22.5 Å². The number of piperazine rings is 1. The normalized spacial score (nSPS) is 15.7. The number of carboxylic acids is 1. The molecule has 3 heterocycles. The maximum absolute atomic E-state index is 11.9. The number of carbonyl (C=O) groups is 2. The smallest absolute Gasteiger partial charge is 0.490 e. The maximum Gasteiger partial charge on any atom is 0.490 e. The number of phenolic OH excluding ortho intramolecular Hbond substituents is 1. The number of amides is 2. The van der Waals surface area contributed by atoms with Gasteiger partial charge in [-0.1, -0.05) is 29.4 Å². The molecule has 10 nitrogen and oxygen atoms in total. The predicted octanol–water partition coefficient (Wildman–Crippen LogP) is 3.29. The van der Waals surface area contributed by atoms with E-state index in [1.54, 1.807) is 4.90 Å². The molecule has 0 saturated carbocycles. The van der Waals surface area contributed by atoms with Crippen LogP contribution in [0.3, 0.4) is 0 Å². The van der Waals surface area contributed by atoms with Crippen molar-refractivity contribution in [1.29, 1.82) is 0 Å². The van der Waals surface area contributed by atoms with E-state index in [4.69, 9.17) is 14.4 Å². The lowest BCUT2D eigenvalue weighted by molar-refractivity contribution is -0.192. The Bertz CT molecular complexity index is 1260. The van der Waals surface area contributed by atoms with Crippen LogP contribution in [0.4, 0.5) is 29.5 Å². The first-order valence-electron chi connectivity index (χ1n) is 11.4. The molecule has 2 amide bonds. The van der Waals surface area contributed by atoms with Crippen LogP contribution in [-0.4, -0.2) is 72.8 Å². The number of hydrogen-bond acceptors (Lipinski definition) is 7. The lowest BCUT2D eigenvalue weighted by Crippen LogP contribution is -2.43. The van der Waals surface area contributed by atoms with Gasteiger partial charge < -0.3 is 30.3 Å². The van der Waals surface area contributed by atoms with Gasteiger partial charge in [-0.2, -0.15) is 13.2 Å². The number of para-hydroxylation sites is 1. The fourth-order valence-corrected chi connectivity index (χ4v) is 3.95. The van der Waals surface area contributed by atoms with Gasteiger partial charge in [-0.3, -0.25) is 4.90 Å². The van der Waals surface area contributed by atoms with Gasteiger partial charge in [0.2, 0.25) is 0 Å². The number of nitrogens with zero attached hydrogens (tertiary/aromatic N) is 3. The van der Waals surface area contributed by atoms with Gasteiger partial charge in [0.1, 0.15) is 5.75 Å². The Morgan fingerprint density at radius 3 is 2.24 bits per heavy atom. The number of aromatic hydroxyl groups is 1. The largest absolute Gasteiger partial charge is 0.507 e. The lowest BCUT2D eigenvalue weighted by atomic mass is 10.00. The number of benzene rings is 2. The number of urea groups is 1. The second-order valence-corrected chi connectivity index (χ2v) is 8.22. The van der Waals surface area contributed by atoms with E-state index in [2.05, 4.69) is 20.7 Å². The molecule has 2 aromatic carbocycles. The number of aromatic nitrogens is 1. The molecule has 2 aliphatic rings. The van der Waals surface area contributed by atoms with Crippen LogP contribution in [0.5, 0.6) is 5.75 Å². The molecule has 37 heavy (non-hydrogen) atoms. The van der Waals surface area contributed by atoms with Crippen LogP contribution >= 0.6 is 0 Å². The van der Waals surface area contributed by atoms with Gasteiger partial charge in [-0.25, -0.2) is 9.59 Å². The molecule has 0 spiro atoms. The van der Waals surface area contributed by atoms with Crippen LogP contribution in [0.15, 0.2) is 53.1 Å². The van der Waals surface area contributed by atoms with Crippen molar-refractivity contribution in [2.45, 2.75) is 6.18 Å². The summed E-state index contributed by atoms with van der Waals surface area (Å²) >= 11 is 0. The number of phenols is 1. The molecule has 1 aromatic heterocycles. The number of rotatable bonds is 4. The van der Waals surface area contributed by atoms with E-state index in [1.165, 1.54) is 0 Å². The van der Waals surface area contributed by atoms with E-state index in [0.717, 1.165) is 43.2 Å². The molecule has 3 aromatic rings. The Kier molecular flexibility index (Phi) is 7.53. The number of carboxylic acid groups (broad SMARTS) is 1. The number of anilines is 2. The number of carbonyl (C=O) groups excluding carboxylic acids is 1. The highest BCUT2D eigenvalue weighted by Crippen LogP contribution is 2.39. The summed E-state index contributed by atoms with van der Waals surface area (Å²) < 4.78 is 37.3. The summed E-state index contributed by atoms with van der Waals surface area (Å²) in [5, 5.41) is 28.4. The standard InChI is InChI=1S/C22H23N5O3.C2HF3O2/c28-21-17(15-4-6-16(7-5-15)27-13-10-24-22(27)29)2-1-3-18(21)19-14-20(25-30-19)26-11-8-23-9-12-26;3-2(4,5)1(6)7/h1-7,14,23,28H,8-13H2,(H,24,29);(H,6,7). The summed E-state index contributed by atoms with van der Waals surface area (Å²) in [5.74, 6) is -1.29. The first-order chi connectivity index (χ1) is 17.6. The molecule has 2 fully saturated rings. The SMILES string of the molecule is O=C(O)C(F)(F)F.O=C1NCCN1c1ccc(-c2cccc(-c3cc(N4CCNCC4)no3)c2O)cc1. The minimum atomic E-state index is -5.08. The third kappa shape index (κ3) is 5.94. The van der Waals surface area contributed by atoms with Crippen molar-refractivity contribution in [3.8, 4) is 28.2 Å². The molecule has 2 saturated heterocycles. The van der Waals surface area contributed by atoms with Crippen molar-refractivity contribution in [1.82, 2.24) is 15.8 Å². The monoisotopic (exact) mass is 519 g/mol. The van der Waals surface area contributed by atoms with E-state index < -0.39 is 12.1 Å². The predicted molar refractivity (Wildman–Crippen MR) is 129 cm³/mol. The first-order valence-corrected chi connectivity index (χ1v) is 11.4. The average molecular weight is 519 g/mol. The molecule has 0 bridgehead atoms. The van der Waals surface area contributed by atoms with Crippen molar-refractivity contribution < 1.29 is 37.5 Å². The molecule has 5 rings (SSSR count). The van der Waals surface area contributed by atoms with E-state index >= 15 is 0 Å². The fraction of sp³-hybridized carbons (Fsp3) is 0.292. The van der Waals surface area contributed by atoms with Gasteiger partial charge in [0, 0.05) is 56.6 Å². The molecular weight excluding hydrogens is 495 g/mol. The van der Waals surface area contributed by atoms with Crippen molar-refractivity contribution in [2.75, 3.05) is 49.1 Å². The molecule has 2 aliphatic heterocycles. The Labute approximate surface area is 209 Å². The Morgan fingerprint density at radius 2 is 1.65 bits per heavy atom. The van der Waals surface area contributed by atoms with Crippen molar-refractivity contribution >= 4 is 23.5 Å². The molecular formula is C24H24F3N5O5. The molecule has 0 unspecified atom stereocenters. The highest BCUT2D eigenvalue weighted by atomic mass is 19.4. The van der Waals surface area contributed by atoms with Crippen molar-refractivity contribution in [3.05, 3.63) is 48.5 Å². The highest BCUT2D eigenvalue weighted by Gasteiger charge is 2.38. The number of aliphatic carboxylic acids is 1. The van der Waals surface area contributed by atoms with Crippen LogP contribution in [0.2, 0.25) is 0 Å². The summed E-state index contributed by atoms with van der Waals surface area (Å²) in [6.45, 7) is 4.88. The summed E-state index contributed by atoms with van der Waals surface area (Å²) in [4.78, 5) is 24.6. The zero-order valence-corrected chi connectivity index (χ0v) is 19.5. The second kappa shape index (κ2) is 10.8. The highest BCUT2D eigenvalue weighted by molar-refractivity contribution is 5.94. The van der Waals surface area contributed by atoms with Gasteiger partial charge in [0.05, 0.1) is 5.56 Å². The van der Waals surface area contributed by atoms with Gasteiger partial charge in [-0.15, -0.1) is 0 Å². The number of nitrogens with one attached hydrogen (secondary N) is 2. The zero-order valence-electron chi connectivity index (χ0n) is 19.5. The first kappa shape index (κ1) is 25.8. The van der Waals surface area contributed by atoms with E-state index in [-0.39, 0.29) is 11.8 Å².